The molecule has 6 heteroatoms. The molecule has 0 saturated carbocycles. The van der Waals surface area contributed by atoms with Crippen molar-refractivity contribution in [1.82, 2.24) is 10.2 Å². The maximum Gasteiger partial charge on any atom is 0.224 e. The summed E-state index contributed by atoms with van der Waals surface area (Å²) in [4.78, 5) is 14.4. The van der Waals surface area contributed by atoms with Crippen molar-refractivity contribution in [3.63, 3.8) is 0 Å². The van der Waals surface area contributed by atoms with Crippen LogP contribution in [0.15, 0.2) is 24.3 Å². The summed E-state index contributed by atoms with van der Waals surface area (Å²) in [6.07, 6.45) is 0.181. The molecule has 1 aromatic carbocycles. The van der Waals surface area contributed by atoms with Crippen molar-refractivity contribution in [3.05, 3.63) is 35.6 Å². The zero-order chi connectivity index (χ0) is 16.2. The van der Waals surface area contributed by atoms with Gasteiger partial charge in [-0.3, -0.25) is 4.79 Å². The normalized spacial score (nSPS) is 28.6. The quantitative estimate of drug-likeness (QED) is 0.916. The van der Waals surface area contributed by atoms with E-state index in [9.17, 15) is 9.18 Å². The molecule has 0 aliphatic carbocycles. The lowest BCUT2D eigenvalue weighted by molar-refractivity contribution is -0.146. The zero-order valence-electron chi connectivity index (χ0n) is 13.3. The Morgan fingerprint density at radius 3 is 2.83 bits per heavy atom. The standard InChI is InChI=1S/C17H23FN2O3/c1-12-9-20(17(21)8-15-11-22-7-6-19-15)10-16(23-12)13-2-4-14(18)5-3-13/h2-5,12,15-16,19H,6-11H2,1H3. The molecule has 0 bridgehead atoms. The number of carbonyl (C=O) groups is 1. The summed E-state index contributed by atoms with van der Waals surface area (Å²) in [5, 5.41) is 3.30. The molecule has 3 unspecified atom stereocenters. The van der Waals surface area contributed by atoms with E-state index in [-0.39, 0.29) is 30.0 Å². The molecule has 2 aliphatic rings. The Hall–Kier alpha value is -1.50. The van der Waals surface area contributed by atoms with Crippen molar-refractivity contribution in [1.29, 1.82) is 0 Å². The molecule has 2 saturated heterocycles. The lowest BCUT2D eigenvalue weighted by Crippen LogP contribution is -2.49. The van der Waals surface area contributed by atoms with Crippen LogP contribution in [0.2, 0.25) is 0 Å². The van der Waals surface area contributed by atoms with E-state index >= 15 is 0 Å². The van der Waals surface area contributed by atoms with Gasteiger partial charge in [-0.1, -0.05) is 12.1 Å². The van der Waals surface area contributed by atoms with Crippen LogP contribution in [0.25, 0.3) is 0 Å². The molecule has 0 spiro atoms. The molecule has 2 aliphatic heterocycles. The van der Waals surface area contributed by atoms with Crippen molar-refractivity contribution in [2.24, 2.45) is 0 Å². The van der Waals surface area contributed by atoms with Gasteiger partial charge in [0.1, 0.15) is 11.9 Å². The van der Waals surface area contributed by atoms with Crippen LogP contribution in [0.5, 0.6) is 0 Å². The van der Waals surface area contributed by atoms with Crippen molar-refractivity contribution >= 4 is 5.91 Å². The third-order valence-electron chi connectivity index (χ3n) is 4.27. The second-order valence-corrected chi connectivity index (χ2v) is 6.22. The number of benzene rings is 1. The number of halogens is 1. The van der Waals surface area contributed by atoms with Gasteiger partial charge >= 0.3 is 0 Å². The summed E-state index contributed by atoms with van der Waals surface area (Å²) in [5.41, 5.74) is 0.898. The zero-order valence-corrected chi connectivity index (χ0v) is 13.3. The molecule has 0 radical (unpaired) electrons. The molecule has 23 heavy (non-hydrogen) atoms. The highest BCUT2D eigenvalue weighted by Crippen LogP contribution is 2.26. The maximum atomic E-state index is 13.1. The number of nitrogens with zero attached hydrogens (tertiary/aromatic N) is 1. The Labute approximate surface area is 135 Å². The Morgan fingerprint density at radius 1 is 1.35 bits per heavy atom. The molecule has 126 valence electrons. The number of carbonyl (C=O) groups excluding carboxylic acids is 1. The van der Waals surface area contributed by atoms with Gasteiger partial charge in [-0.05, 0) is 24.6 Å². The van der Waals surface area contributed by atoms with Gasteiger partial charge in [0.2, 0.25) is 5.91 Å². The first-order chi connectivity index (χ1) is 11.1. The molecule has 1 aromatic rings. The fourth-order valence-electron chi connectivity index (χ4n) is 3.11. The molecule has 3 rings (SSSR count). The third kappa shape index (κ3) is 4.28. The lowest BCUT2D eigenvalue weighted by atomic mass is 10.1. The first-order valence-electron chi connectivity index (χ1n) is 8.11. The average Bonchev–Trinajstić information content (AvgIpc) is 2.56. The number of hydrogen-bond acceptors (Lipinski definition) is 4. The van der Waals surface area contributed by atoms with Crippen LogP contribution >= 0.6 is 0 Å². The first-order valence-corrected chi connectivity index (χ1v) is 8.11. The van der Waals surface area contributed by atoms with Gasteiger partial charge in [-0.2, -0.15) is 0 Å². The van der Waals surface area contributed by atoms with E-state index < -0.39 is 0 Å². The number of rotatable bonds is 3. The summed E-state index contributed by atoms with van der Waals surface area (Å²) in [6.45, 7) is 5.11. The number of hydrogen-bond donors (Lipinski definition) is 1. The number of morpholine rings is 2. The molecule has 3 atom stereocenters. The summed E-state index contributed by atoms with van der Waals surface area (Å²) < 4.78 is 24.4. The van der Waals surface area contributed by atoms with E-state index in [0.717, 1.165) is 12.1 Å². The van der Waals surface area contributed by atoms with Gasteiger partial charge in [-0.25, -0.2) is 4.39 Å². The van der Waals surface area contributed by atoms with Crippen LogP contribution in [0.1, 0.15) is 25.0 Å². The predicted octanol–water partition coefficient (Wildman–Crippen LogP) is 1.49. The van der Waals surface area contributed by atoms with E-state index in [1.165, 1.54) is 12.1 Å². The highest BCUT2D eigenvalue weighted by atomic mass is 19.1. The molecule has 1 amide bonds. The monoisotopic (exact) mass is 322 g/mol. The van der Waals surface area contributed by atoms with Gasteiger partial charge < -0.3 is 19.7 Å². The highest BCUT2D eigenvalue weighted by molar-refractivity contribution is 5.77. The Bertz CT molecular complexity index is 531. The molecule has 0 aromatic heterocycles. The fraction of sp³-hybridized carbons (Fsp3) is 0.588. The first kappa shape index (κ1) is 16.4. The minimum Gasteiger partial charge on any atom is -0.378 e. The lowest BCUT2D eigenvalue weighted by Gasteiger charge is -2.38. The van der Waals surface area contributed by atoms with Crippen LogP contribution < -0.4 is 5.32 Å². The minimum absolute atomic E-state index is 0.0432. The number of ether oxygens (including phenoxy) is 2. The predicted molar refractivity (Wildman–Crippen MR) is 83.5 cm³/mol. The van der Waals surface area contributed by atoms with Crippen molar-refractivity contribution in [2.45, 2.75) is 31.6 Å². The fourth-order valence-corrected chi connectivity index (χ4v) is 3.11. The average molecular weight is 322 g/mol. The Morgan fingerprint density at radius 2 is 2.13 bits per heavy atom. The van der Waals surface area contributed by atoms with Crippen LogP contribution in [0.4, 0.5) is 4.39 Å². The van der Waals surface area contributed by atoms with Gasteiger partial charge in [-0.15, -0.1) is 0 Å². The van der Waals surface area contributed by atoms with Crippen LogP contribution in [-0.2, 0) is 14.3 Å². The molecule has 5 nitrogen and oxygen atoms in total. The second kappa shape index (κ2) is 7.38. The Balaban J connectivity index is 1.62. The number of nitrogens with one attached hydrogen (secondary N) is 1. The summed E-state index contributed by atoms with van der Waals surface area (Å²) in [5.74, 6) is -0.163. The van der Waals surface area contributed by atoms with Crippen molar-refractivity contribution in [3.8, 4) is 0 Å². The van der Waals surface area contributed by atoms with Gasteiger partial charge in [0.05, 0.1) is 25.9 Å². The summed E-state index contributed by atoms with van der Waals surface area (Å²) >= 11 is 0. The van der Waals surface area contributed by atoms with E-state index in [1.54, 1.807) is 12.1 Å². The molecular formula is C17H23FN2O3. The van der Waals surface area contributed by atoms with Crippen LogP contribution in [-0.4, -0.2) is 55.8 Å². The van der Waals surface area contributed by atoms with Gasteiger partial charge in [0.25, 0.3) is 0 Å². The van der Waals surface area contributed by atoms with Gasteiger partial charge in [0.15, 0.2) is 0 Å². The highest BCUT2D eigenvalue weighted by Gasteiger charge is 2.30. The second-order valence-electron chi connectivity index (χ2n) is 6.22. The van der Waals surface area contributed by atoms with E-state index in [2.05, 4.69) is 5.32 Å². The summed E-state index contributed by atoms with van der Waals surface area (Å²) in [6, 6.07) is 6.37. The van der Waals surface area contributed by atoms with E-state index in [0.29, 0.717) is 32.7 Å². The SMILES string of the molecule is CC1CN(C(=O)CC2COCCN2)CC(c2ccc(F)cc2)O1. The topological polar surface area (TPSA) is 50.8 Å². The number of amides is 1. The van der Waals surface area contributed by atoms with Gasteiger partial charge in [0, 0.05) is 25.6 Å². The maximum absolute atomic E-state index is 13.1. The van der Waals surface area contributed by atoms with E-state index in [1.807, 2.05) is 11.8 Å². The molecule has 2 fully saturated rings. The van der Waals surface area contributed by atoms with Crippen LogP contribution in [0, 0.1) is 5.82 Å². The van der Waals surface area contributed by atoms with Crippen LogP contribution in [0.3, 0.4) is 0 Å². The summed E-state index contributed by atoms with van der Waals surface area (Å²) in [7, 11) is 0. The smallest absolute Gasteiger partial charge is 0.224 e. The minimum atomic E-state index is -0.270. The van der Waals surface area contributed by atoms with Crippen molar-refractivity contribution in [2.75, 3.05) is 32.8 Å². The largest absolute Gasteiger partial charge is 0.378 e. The van der Waals surface area contributed by atoms with Crippen molar-refractivity contribution < 1.29 is 18.7 Å². The third-order valence-corrected chi connectivity index (χ3v) is 4.27. The van der Waals surface area contributed by atoms with E-state index in [4.69, 9.17) is 9.47 Å². The molecule has 1 N–H and O–H groups in total. The molecular weight excluding hydrogens is 299 g/mol. The Kier molecular flexibility index (Phi) is 5.25. The molecule has 2 heterocycles.